The lowest BCUT2D eigenvalue weighted by Gasteiger charge is -1.96. The molecule has 1 rings (SSSR count). The summed E-state index contributed by atoms with van der Waals surface area (Å²) in [6.45, 7) is 5.71. The van der Waals surface area contributed by atoms with E-state index in [1.807, 2.05) is 0 Å². The second kappa shape index (κ2) is 5.10. The Morgan fingerprint density at radius 2 is 1.71 bits per heavy atom. The fraction of sp³-hybridized carbons (Fsp3) is 0.857. The molecule has 0 radical (unpaired) electrons. The minimum Gasteiger partial charge on any atom is -0.510 e. The summed E-state index contributed by atoms with van der Waals surface area (Å²) in [7, 11) is 4.38. The van der Waals surface area contributed by atoms with Crippen LogP contribution in [0, 0.1) is 0 Å². The molecule has 7 heteroatoms. The van der Waals surface area contributed by atoms with E-state index in [0.717, 1.165) is 6.04 Å². The standard InChI is InChI=1S/C7H15N2.Al.4FH/c1-6-5-8(3)7(2)9(6)4;;;;;/h6H,5H2,1-4H3;;4*1H/q+1;+3;;;;/p-3. The van der Waals surface area contributed by atoms with Crippen molar-refractivity contribution >= 4 is 20.8 Å². The van der Waals surface area contributed by atoms with Crippen LogP contribution in [0.4, 0.5) is 14.1 Å². The zero-order valence-corrected chi connectivity index (χ0v) is 9.98. The first kappa shape index (κ1) is 13.9. The van der Waals surface area contributed by atoms with Crippen LogP contribution < -0.4 is 4.90 Å². The molecule has 0 aromatic rings. The van der Waals surface area contributed by atoms with Crippen molar-refractivity contribution in [1.82, 2.24) is 0 Å². The van der Waals surface area contributed by atoms with Crippen LogP contribution >= 0.6 is 0 Å². The van der Waals surface area contributed by atoms with Gasteiger partial charge in [-0.15, -0.1) is 0 Å². The second-order valence-corrected chi connectivity index (χ2v) is 4.51. The maximum absolute atomic E-state index is 9.85. The monoisotopic (exact) mass is 231 g/mol. The molecule has 0 saturated carbocycles. The van der Waals surface area contributed by atoms with Crippen molar-refractivity contribution in [3.63, 3.8) is 0 Å². The smallest absolute Gasteiger partial charge is 0.510 e. The Bertz CT molecular complexity index is 204. The summed E-state index contributed by atoms with van der Waals surface area (Å²) in [5.41, 5.74) is 0. The first-order valence-electron chi connectivity index (χ1n) is 4.39. The summed E-state index contributed by atoms with van der Waals surface area (Å²) in [6.07, 6.45) is 0. The third kappa shape index (κ3) is 5.58. The van der Waals surface area contributed by atoms with Gasteiger partial charge >= 0.3 is 20.8 Å². The first-order valence-corrected chi connectivity index (χ1v) is 6.14. The molecular weight excluding hydrogens is 215 g/mol. The number of amidine groups is 1. The van der Waals surface area contributed by atoms with Crippen LogP contribution in [0.25, 0.3) is 0 Å². The fourth-order valence-corrected chi connectivity index (χ4v) is 1.36. The van der Waals surface area contributed by atoms with Crippen LogP contribution in [-0.4, -0.2) is 52.0 Å². The third-order valence-corrected chi connectivity index (χ3v) is 2.41. The van der Waals surface area contributed by atoms with Gasteiger partial charge in [-0.25, -0.2) is 4.90 Å². The summed E-state index contributed by atoms with van der Waals surface area (Å²) in [5, 5.41) is 0. The molecule has 0 aromatic heterocycles. The van der Waals surface area contributed by atoms with Crippen molar-refractivity contribution in [3.05, 3.63) is 0 Å². The molecule has 0 amide bonds. The minimum atomic E-state index is -6.83. The summed E-state index contributed by atoms with van der Waals surface area (Å²) < 4.78 is 41.8. The van der Waals surface area contributed by atoms with Crippen LogP contribution in [0.1, 0.15) is 13.8 Å². The number of nitrogens with zero attached hydrogens (tertiary/aromatic N) is 1. The molecule has 0 fully saturated rings. The van der Waals surface area contributed by atoms with Crippen LogP contribution in [0.5, 0.6) is 0 Å². The number of nitrogens with one attached hydrogen (secondary N) is 1. The van der Waals surface area contributed by atoms with E-state index in [1.165, 1.54) is 12.4 Å². The van der Waals surface area contributed by atoms with Crippen LogP contribution in [0.15, 0.2) is 0 Å². The van der Waals surface area contributed by atoms with Crippen molar-refractivity contribution < 1.29 is 23.6 Å². The Morgan fingerprint density at radius 1 is 1.36 bits per heavy atom. The maximum Gasteiger partial charge on any atom is 1.04 e. The molecule has 1 aliphatic heterocycles. The number of quaternary nitrogens is 1. The van der Waals surface area contributed by atoms with Gasteiger partial charge in [0.05, 0.1) is 14.0 Å². The van der Waals surface area contributed by atoms with E-state index < -0.39 is 14.9 Å². The van der Waals surface area contributed by atoms with Crippen LogP contribution in [0.3, 0.4) is 0 Å². The van der Waals surface area contributed by atoms with Crippen molar-refractivity contribution in [2.45, 2.75) is 19.9 Å². The molecule has 2 nitrogen and oxygen atoms in total. The number of hydrogen-bond donors (Lipinski definition) is 1. The number of halogens is 4. The lowest BCUT2D eigenvalue weighted by atomic mass is 10.3. The topological polar surface area (TPSA) is 7.45 Å². The van der Waals surface area contributed by atoms with E-state index >= 15 is 0 Å². The highest BCUT2D eigenvalue weighted by atomic mass is 27.5. The van der Waals surface area contributed by atoms with E-state index in [4.69, 9.17) is 0 Å². The molecular formula is C7H16AlF4N2+. The van der Waals surface area contributed by atoms with Crippen LogP contribution in [-0.2, 0) is 0 Å². The zero-order valence-electron chi connectivity index (χ0n) is 8.82. The number of likely N-dealkylation sites (N-methyl/N-ethyl adjacent to an activating group) is 2. The predicted octanol–water partition coefficient (Wildman–Crippen LogP) is 0.264. The van der Waals surface area contributed by atoms with Gasteiger partial charge in [0, 0.05) is 6.92 Å². The second-order valence-electron chi connectivity index (χ2n) is 3.52. The molecule has 1 aliphatic rings. The molecule has 0 spiro atoms. The van der Waals surface area contributed by atoms with Crippen molar-refractivity contribution in [3.8, 4) is 0 Å². The Hall–Kier alpha value is -0.118. The molecule has 0 bridgehead atoms. The van der Waals surface area contributed by atoms with Gasteiger partial charge in [0.25, 0.3) is 0 Å². The summed E-state index contributed by atoms with van der Waals surface area (Å²) in [5.74, 6) is 1.46. The zero-order chi connectivity index (χ0) is 11.5. The Labute approximate surface area is 85.4 Å². The highest BCUT2D eigenvalue weighted by Gasteiger charge is 2.41. The molecule has 0 aliphatic carbocycles. The normalized spacial score (nSPS) is 27.4. The van der Waals surface area contributed by atoms with Gasteiger partial charge in [0.1, 0.15) is 13.6 Å². The van der Waals surface area contributed by atoms with Crippen LogP contribution in [0.2, 0.25) is 0 Å². The summed E-state index contributed by atoms with van der Waals surface area (Å²) in [6, 6.07) is 0.727. The predicted molar refractivity (Wildman–Crippen MR) is 48.3 cm³/mol. The van der Waals surface area contributed by atoms with Crippen molar-refractivity contribution in [2.24, 2.45) is 0 Å². The minimum absolute atomic E-state index is 0.727. The molecule has 84 valence electrons. The largest absolute Gasteiger partial charge is 1.04 e. The van der Waals surface area contributed by atoms with E-state index in [9.17, 15) is 14.1 Å². The molecule has 0 aromatic carbocycles. The lowest BCUT2D eigenvalue weighted by Crippen LogP contribution is -3.10. The quantitative estimate of drug-likeness (QED) is 0.347. The maximum atomic E-state index is 9.85. The SMILES string of the molecule is CC1=[N+](C)C(C)C[NH+]1C.[F][Al-]([F])([F])[F]. The molecule has 2 atom stereocenters. The average Bonchev–Trinajstić information content (AvgIpc) is 2.14. The van der Waals surface area contributed by atoms with E-state index in [0.29, 0.717) is 0 Å². The Kier molecular flexibility index (Phi) is 5.06. The van der Waals surface area contributed by atoms with Gasteiger partial charge in [-0.2, -0.15) is 4.58 Å². The average molecular weight is 231 g/mol. The fourth-order valence-electron chi connectivity index (χ4n) is 1.36. The highest BCUT2D eigenvalue weighted by molar-refractivity contribution is 6.50. The molecule has 2 unspecified atom stereocenters. The molecule has 0 saturated heterocycles. The van der Waals surface area contributed by atoms with Gasteiger partial charge in [0.2, 0.25) is 6.04 Å². The Balaban J connectivity index is 0.000000292. The van der Waals surface area contributed by atoms with Crippen molar-refractivity contribution in [2.75, 3.05) is 20.6 Å². The summed E-state index contributed by atoms with van der Waals surface area (Å²) >= 11 is -6.83. The van der Waals surface area contributed by atoms with Crippen molar-refractivity contribution in [1.29, 1.82) is 0 Å². The molecule has 1 N–H and O–H groups in total. The van der Waals surface area contributed by atoms with Gasteiger partial charge in [-0.3, -0.25) is 0 Å². The molecule has 1 heterocycles. The molecule has 14 heavy (non-hydrogen) atoms. The number of hydrogen-bond acceptors (Lipinski definition) is 0. The first-order chi connectivity index (χ1) is 6.13. The van der Waals surface area contributed by atoms with Gasteiger partial charge in [-0.1, -0.05) is 0 Å². The van der Waals surface area contributed by atoms with E-state index in [-0.39, 0.29) is 0 Å². The van der Waals surface area contributed by atoms with E-state index in [2.05, 4.69) is 32.5 Å². The number of rotatable bonds is 0. The highest BCUT2D eigenvalue weighted by Crippen LogP contribution is 2.06. The van der Waals surface area contributed by atoms with Gasteiger partial charge < -0.3 is 14.1 Å². The van der Waals surface area contributed by atoms with Gasteiger partial charge in [-0.05, 0) is 0 Å². The lowest BCUT2D eigenvalue weighted by molar-refractivity contribution is -0.779. The Morgan fingerprint density at radius 3 is 1.79 bits per heavy atom. The van der Waals surface area contributed by atoms with E-state index in [1.54, 1.807) is 4.90 Å². The third-order valence-electron chi connectivity index (χ3n) is 2.41. The summed E-state index contributed by atoms with van der Waals surface area (Å²) in [4.78, 5) is 1.55. The van der Waals surface area contributed by atoms with Gasteiger partial charge in [0.15, 0.2) is 0 Å².